The first-order valence-electron chi connectivity index (χ1n) is 4.26. The number of hydrogen-bond acceptors (Lipinski definition) is 3. The lowest BCUT2D eigenvalue weighted by molar-refractivity contribution is 0.419. The fourth-order valence-electron chi connectivity index (χ4n) is 1.19. The van der Waals surface area contributed by atoms with E-state index in [2.05, 4.69) is 33.7 Å². The monoisotopic (exact) mass is 174 g/mol. The molecular weight excluding hydrogens is 164 g/mol. The Bertz CT molecular complexity index is 364. The second-order valence-corrected chi connectivity index (χ2v) is 2.81. The van der Waals surface area contributed by atoms with Crippen molar-refractivity contribution in [2.75, 3.05) is 0 Å². The summed E-state index contributed by atoms with van der Waals surface area (Å²) in [5, 5.41) is 3.76. The van der Waals surface area contributed by atoms with E-state index in [9.17, 15) is 0 Å². The molecule has 0 saturated carbocycles. The molecule has 1 aromatic heterocycles. The van der Waals surface area contributed by atoms with Crippen LogP contribution in [-0.2, 0) is 6.42 Å². The van der Waals surface area contributed by atoms with Gasteiger partial charge in [0, 0.05) is 5.56 Å². The van der Waals surface area contributed by atoms with E-state index in [1.54, 1.807) is 0 Å². The molecule has 0 unspecified atom stereocenters. The van der Waals surface area contributed by atoms with E-state index < -0.39 is 0 Å². The predicted molar refractivity (Wildman–Crippen MR) is 49.1 cm³/mol. The van der Waals surface area contributed by atoms with Crippen LogP contribution in [-0.4, -0.2) is 10.1 Å². The van der Waals surface area contributed by atoms with Gasteiger partial charge in [-0.15, -0.1) is 0 Å². The molecule has 1 aromatic carbocycles. The van der Waals surface area contributed by atoms with Crippen molar-refractivity contribution in [1.29, 1.82) is 0 Å². The molecule has 0 spiro atoms. The molecule has 2 rings (SSSR count). The maximum absolute atomic E-state index is 4.66. The molecule has 0 amide bonds. The van der Waals surface area contributed by atoms with Crippen LogP contribution in [0.1, 0.15) is 12.5 Å². The zero-order chi connectivity index (χ0) is 9.10. The molecule has 0 aliphatic carbocycles. The summed E-state index contributed by atoms with van der Waals surface area (Å²) < 4.78 is 4.66. The normalized spacial score (nSPS) is 10.2. The van der Waals surface area contributed by atoms with Gasteiger partial charge in [0.15, 0.2) is 0 Å². The minimum absolute atomic E-state index is 0.641. The highest BCUT2D eigenvalue weighted by Crippen LogP contribution is 2.14. The van der Waals surface area contributed by atoms with E-state index in [0.717, 1.165) is 12.0 Å². The van der Waals surface area contributed by atoms with E-state index in [0.29, 0.717) is 5.82 Å². The van der Waals surface area contributed by atoms with Crippen LogP contribution in [0.2, 0.25) is 0 Å². The molecule has 1 heterocycles. The van der Waals surface area contributed by atoms with Crippen molar-refractivity contribution >= 4 is 0 Å². The molecule has 0 aliphatic heterocycles. The zero-order valence-corrected chi connectivity index (χ0v) is 7.40. The SMILES string of the molecule is CCc1ccc(-c2ncon2)cc1. The number of benzene rings is 1. The Morgan fingerprint density at radius 2 is 2.00 bits per heavy atom. The van der Waals surface area contributed by atoms with Crippen molar-refractivity contribution in [3.8, 4) is 11.4 Å². The molecule has 3 heteroatoms. The van der Waals surface area contributed by atoms with E-state index in [4.69, 9.17) is 0 Å². The average molecular weight is 174 g/mol. The third-order valence-electron chi connectivity index (χ3n) is 1.98. The maximum Gasteiger partial charge on any atom is 0.214 e. The largest absolute Gasteiger partial charge is 0.342 e. The molecule has 0 N–H and O–H groups in total. The third kappa shape index (κ3) is 1.59. The maximum atomic E-state index is 4.66. The topological polar surface area (TPSA) is 38.9 Å². The highest BCUT2D eigenvalue weighted by Gasteiger charge is 2.01. The van der Waals surface area contributed by atoms with Gasteiger partial charge in [-0.25, -0.2) is 0 Å². The molecule has 0 atom stereocenters. The second kappa shape index (κ2) is 3.39. The first-order chi connectivity index (χ1) is 6.40. The minimum atomic E-state index is 0.641. The Balaban J connectivity index is 2.33. The predicted octanol–water partition coefficient (Wildman–Crippen LogP) is 2.30. The van der Waals surface area contributed by atoms with E-state index in [-0.39, 0.29) is 0 Å². The van der Waals surface area contributed by atoms with E-state index in [1.807, 2.05) is 12.1 Å². The summed E-state index contributed by atoms with van der Waals surface area (Å²) in [6, 6.07) is 8.16. The summed E-state index contributed by atoms with van der Waals surface area (Å²) >= 11 is 0. The lowest BCUT2D eigenvalue weighted by atomic mass is 10.1. The van der Waals surface area contributed by atoms with Gasteiger partial charge in [-0.1, -0.05) is 36.3 Å². The van der Waals surface area contributed by atoms with Crippen LogP contribution < -0.4 is 0 Å². The molecule has 0 bridgehead atoms. The molecule has 2 aromatic rings. The molecule has 3 nitrogen and oxygen atoms in total. The quantitative estimate of drug-likeness (QED) is 0.701. The zero-order valence-electron chi connectivity index (χ0n) is 7.40. The summed E-state index contributed by atoms with van der Waals surface area (Å²) in [6.45, 7) is 2.13. The Morgan fingerprint density at radius 3 is 2.54 bits per heavy atom. The number of hydrogen-bond donors (Lipinski definition) is 0. The number of rotatable bonds is 2. The van der Waals surface area contributed by atoms with Crippen LogP contribution in [0.5, 0.6) is 0 Å². The van der Waals surface area contributed by atoms with E-state index >= 15 is 0 Å². The molecule has 0 aliphatic rings. The van der Waals surface area contributed by atoms with Gasteiger partial charge in [-0.05, 0) is 12.0 Å². The first-order valence-corrected chi connectivity index (χ1v) is 4.26. The summed E-state index contributed by atoms with van der Waals surface area (Å²) in [6.07, 6.45) is 2.38. The standard InChI is InChI=1S/C10H10N2O/c1-2-8-3-5-9(6-4-8)10-11-7-13-12-10/h3-7H,2H2,1H3. The summed E-state index contributed by atoms with van der Waals surface area (Å²) in [4.78, 5) is 3.96. The Labute approximate surface area is 76.4 Å². The van der Waals surface area contributed by atoms with Gasteiger partial charge in [0.1, 0.15) is 0 Å². The van der Waals surface area contributed by atoms with Gasteiger partial charge in [0.2, 0.25) is 12.2 Å². The Kier molecular flexibility index (Phi) is 2.08. The van der Waals surface area contributed by atoms with Crippen molar-refractivity contribution in [2.24, 2.45) is 0 Å². The third-order valence-corrected chi connectivity index (χ3v) is 1.98. The molecule has 0 fully saturated rings. The highest BCUT2D eigenvalue weighted by molar-refractivity contribution is 5.54. The van der Waals surface area contributed by atoms with Gasteiger partial charge in [-0.3, -0.25) is 0 Å². The van der Waals surface area contributed by atoms with Crippen LogP contribution in [0.4, 0.5) is 0 Å². The lowest BCUT2D eigenvalue weighted by Crippen LogP contribution is -1.82. The fourth-order valence-corrected chi connectivity index (χ4v) is 1.19. The van der Waals surface area contributed by atoms with Crippen molar-refractivity contribution in [3.05, 3.63) is 36.2 Å². The lowest BCUT2D eigenvalue weighted by Gasteiger charge is -1.96. The van der Waals surface area contributed by atoms with Crippen molar-refractivity contribution < 1.29 is 4.52 Å². The molecule has 13 heavy (non-hydrogen) atoms. The van der Waals surface area contributed by atoms with Gasteiger partial charge >= 0.3 is 0 Å². The van der Waals surface area contributed by atoms with Gasteiger partial charge in [0.05, 0.1) is 0 Å². The number of aryl methyl sites for hydroxylation is 1. The summed E-state index contributed by atoms with van der Waals surface area (Å²) in [5.74, 6) is 0.641. The average Bonchev–Trinajstić information content (AvgIpc) is 2.71. The first kappa shape index (κ1) is 7.98. The van der Waals surface area contributed by atoms with Crippen LogP contribution in [0.3, 0.4) is 0 Å². The second-order valence-electron chi connectivity index (χ2n) is 2.81. The fraction of sp³-hybridized carbons (Fsp3) is 0.200. The molecule has 0 radical (unpaired) electrons. The molecule has 66 valence electrons. The van der Waals surface area contributed by atoms with Crippen molar-refractivity contribution in [2.45, 2.75) is 13.3 Å². The smallest absolute Gasteiger partial charge is 0.214 e. The van der Waals surface area contributed by atoms with Crippen LogP contribution in [0, 0.1) is 0 Å². The highest BCUT2D eigenvalue weighted by atomic mass is 16.5. The van der Waals surface area contributed by atoms with Crippen LogP contribution in [0.15, 0.2) is 35.2 Å². The Morgan fingerprint density at radius 1 is 1.23 bits per heavy atom. The van der Waals surface area contributed by atoms with Crippen LogP contribution in [0.25, 0.3) is 11.4 Å². The van der Waals surface area contributed by atoms with Crippen molar-refractivity contribution in [3.63, 3.8) is 0 Å². The number of nitrogens with zero attached hydrogens (tertiary/aromatic N) is 2. The summed E-state index contributed by atoms with van der Waals surface area (Å²) in [5.41, 5.74) is 2.30. The summed E-state index contributed by atoms with van der Waals surface area (Å²) in [7, 11) is 0. The van der Waals surface area contributed by atoms with E-state index in [1.165, 1.54) is 12.0 Å². The Hall–Kier alpha value is -1.64. The molecular formula is C10H10N2O. The number of aromatic nitrogens is 2. The molecule has 0 saturated heterocycles. The van der Waals surface area contributed by atoms with Gasteiger partial charge in [0.25, 0.3) is 0 Å². The van der Waals surface area contributed by atoms with Crippen LogP contribution >= 0.6 is 0 Å². The van der Waals surface area contributed by atoms with Crippen molar-refractivity contribution in [1.82, 2.24) is 10.1 Å². The minimum Gasteiger partial charge on any atom is -0.342 e. The van der Waals surface area contributed by atoms with Gasteiger partial charge in [-0.2, -0.15) is 4.98 Å². The van der Waals surface area contributed by atoms with Gasteiger partial charge < -0.3 is 4.52 Å².